The van der Waals surface area contributed by atoms with Gasteiger partial charge in [-0.2, -0.15) is 0 Å². The number of allylic oxidation sites excluding steroid dienone is 4. The van der Waals surface area contributed by atoms with Crippen LogP contribution in [0, 0.1) is 6.92 Å². The standard InChI is InChI=1S/C16H18FN/c1-4-18(15-8-6-5-7-12(15)2)16-10-9-14(17)11-13(16)3/h4-8,11H,1,9-10H2,2-3H3. The lowest BCUT2D eigenvalue weighted by Gasteiger charge is -2.28. The second-order valence-electron chi connectivity index (χ2n) is 4.56. The first-order valence-electron chi connectivity index (χ1n) is 6.16. The third-order valence-corrected chi connectivity index (χ3v) is 3.28. The van der Waals surface area contributed by atoms with Crippen molar-refractivity contribution in [3.63, 3.8) is 0 Å². The van der Waals surface area contributed by atoms with Gasteiger partial charge < -0.3 is 4.90 Å². The van der Waals surface area contributed by atoms with Gasteiger partial charge in [0, 0.05) is 24.0 Å². The van der Waals surface area contributed by atoms with E-state index < -0.39 is 0 Å². The summed E-state index contributed by atoms with van der Waals surface area (Å²) in [7, 11) is 0. The van der Waals surface area contributed by atoms with Crippen molar-refractivity contribution in [2.45, 2.75) is 26.7 Å². The number of nitrogens with zero attached hydrogens (tertiary/aromatic N) is 1. The minimum absolute atomic E-state index is 0.0370. The van der Waals surface area contributed by atoms with Crippen molar-refractivity contribution < 1.29 is 4.39 Å². The van der Waals surface area contributed by atoms with Crippen LogP contribution in [0.2, 0.25) is 0 Å². The molecule has 1 aliphatic carbocycles. The minimum atomic E-state index is -0.0370. The van der Waals surface area contributed by atoms with E-state index in [-0.39, 0.29) is 5.83 Å². The van der Waals surface area contributed by atoms with Crippen molar-refractivity contribution >= 4 is 5.69 Å². The number of hydrogen-bond donors (Lipinski definition) is 0. The van der Waals surface area contributed by atoms with Crippen LogP contribution in [0.4, 0.5) is 10.1 Å². The van der Waals surface area contributed by atoms with Crippen LogP contribution < -0.4 is 4.90 Å². The molecule has 0 N–H and O–H groups in total. The molecule has 0 heterocycles. The highest BCUT2D eigenvalue weighted by Gasteiger charge is 2.17. The number of hydrogen-bond acceptors (Lipinski definition) is 1. The van der Waals surface area contributed by atoms with Gasteiger partial charge in [-0.3, -0.25) is 0 Å². The van der Waals surface area contributed by atoms with Crippen LogP contribution in [-0.2, 0) is 0 Å². The van der Waals surface area contributed by atoms with Gasteiger partial charge in [-0.05, 0) is 43.5 Å². The Hall–Kier alpha value is -1.83. The number of rotatable bonds is 3. The van der Waals surface area contributed by atoms with E-state index in [1.807, 2.05) is 19.1 Å². The van der Waals surface area contributed by atoms with Gasteiger partial charge in [0.25, 0.3) is 0 Å². The molecule has 1 aromatic carbocycles. The molecule has 94 valence electrons. The van der Waals surface area contributed by atoms with E-state index >= 15 is 0 Å². The van der Waals surface area contributed by atoms with Crippen LogP contribution in [0.15, 0.2) is 60.2 Å². The van der Waals surface area contributed by atoms with E-state index in [1.54, 1.807) is 12.3 Å². The molecule has 0 aromatic heterocycles. The molecule has 1 nitrogen and oxygen atoms in total. The van der Waals surface area contributed by atoms with Gasteiger partial charge in [-0.15, -0.1) is 0 Å². The lowest BCUT2D eigenvalue weighted by Crippen LogP contribution is -2.18. The van der Waals surface area contributed by atoms with Crippen molar-refractivity contribution in [1.29, 1.82) is 0 Å². The quantitative estimate of drug-likeness (QED) is 0.732. The van der Waals surface area contributed by atoms with E-state index in [0.717, 1.165) is 17.0 Å². The molecule has 0 amide bonds. The molecule has 0 radical (unpaired) electrons. The Morgan fingerprint density at radius 3 is 2.56 bits per heavy atom. The summed E-state index contributed by atoms with van der Waals surface area (Å²) < 4.78 is 13.2. The summed E-state index contributed by atoms with van der Waals surface area (Å²) in [4.78, 5) is 2.06. The smallest absolute Gasteiger partial charge is 0.101 e. The number of benzene rings is 1. The van der Waals surface area contributed by atoms with Crippen molar-refractivity contribution in [2.75, 3.05) is 4.90 Å². The van der Waals surface area contributed by atoms with Gasteiger partial charge in [0.2, 0.25) is 0 Å². The van der Waals surface area contributed by atoms with Crippen molar-refractivity contribution in [1.82, 2.24) is 0 Å². The normalized spacial score (nSPS) is 15.4. The number of para-hydroxylation sites is 1. The second kappa shape index (κ2) is 5.21. The fourth-order valence-electron chi connectivity index (χ4n) is 2.32. The summed E-state index contributed by atoms with van der Waals surface area (Å²) in [5, 5.41) is 0. The number of halogens is 1. The predicted molar refractivity (Wildman–Crippen MR) is 75.0 cm³/mol. The number of anilines is 1. The molecule has 0 aliphatic heterocycles. The number of aryl methyl sites for hydroxylation is 1. The van der Waals surface area contributed by atoms with E-state index in [2.05, 4.69) is 30.5 Å². The van der Waals surface area contributed by atoms with E-state index in [9.17, 15) is 4.39 Å². The Labute approximate surface area is 108 Å². The van der Waals surface area contributed by atoms with E-state index in [4.69, 9.17) is 0 Å². The highest BCUT2D eigenvalue weighted by Crippen LogP contribution is 2.32. The van der Waals surface area contributed by atoms with Gasteiger partial charge in [0.15, 0.2) is 0 Å². The molecule has 0 unspecified atom stereocenters. The van der Waals surface area contributed by atoms with Crippen molar-refractivity contribution in [3.8, 4) is 0 Å². The predicted octanol–water partition coefficient (Wildman–Crippen LogP) is 4.87. The third kappa shape index (κ3) is 2.37. The summed E-state index contributed by atoms with van der Waals surface area (Å²) in [6.45, 7) is 7.90. The van der Waals surface area contributed by atoms with Crippen molar-refractivity contribution in [2.24, 2.45) is 0 Å². The molecular formula is C16H18FN. The van der Waals surface area contributed by atoms with Crippen LogP contribution in [0.25, 0.3) is 0 Å². The van der Waals surface area contributed by atoms with Gasteiger partial charge in [0.1, 0.15) is 5.83 Å². The highest BCUT2D eigenvalue weighted by atomic mass is 19.1. The van der Waals surface area contributed by atoms with Gasteiger partial charge in [0.05, 0.1) is 0 Å². The molecule has 1 aliphatic rings. The van der Waals surface area contributed by atoms with Crippen LogP contribution in [-0.4, -0.2) is 0 Å². The Bertz CT molecular complexity index is 526. The largest absolute Gasteiger partial charge is 0.321 e. The van der Waals surface area contributed by atoms with Gasteiger partial charge >= 0.3 is 0 Å². The van der Waals surface area contributed by atoms with Crippen molar-refractivity contribution in [3.05, 3.63) is 65.8 Å². The lowest BCUT2D eigenvalue weighted by atomic mass is 10.0. The molecule has 0 saturated heterocycles. The van der Waals surface area contributed by atoms with E-state index in [0.29, 0.717) is 12.8 Å². The third-order valence-electron chi connectivity index (χ3n) is 3.28. The first-order chi connectivity index (χ1) is 8.63. The molecule has 0 bridgehead atoms. The minimum Gasteiger partial charge on any atom is -0.321 e. The summed E-state index contributed by atoms with van der Waals surface area (Å²) >= 11 is 0. The lowest BCUT2D eigenvalue weighted by molar-refractivity contribution is 0.576. The summed E-state index contributed by atoms with van der Waals surface area (Å²) in [6.07, 6.45) is 4.61. The molecule has 2 heteroatoms. The Balaban J connectivity index is 2.45. The maximum absolute atomic E-state index is 13.2. The van der Waals surface area contributed by atoms with Crippen LogP contribution in [0.5, 0.6) is 0 Å². The van der Waals surface area contributed by atoms with E-state index in [1.165, 1.54) is 5.56 Å². The summed E-state index contributed by atoms with van der Waals surface area (Å²) in [6, 6.07) is 8.16. The van der Waals surface area contributed by atoms with Crippen LogP contribution in [0.3, 0.4) is 0 Å². The van der Waals surface area contributed by atoms with Gasteiger partial charge in [-0.25, -0.2) is 4.39 Å². The molecule has 0 saturated carbocycles. The first-order valence-corrected chi connectivity index (χ1v) is 6.16. The fraction of sp³-hybridized carbons (Fsp3) is 0.250. The molecule has 2 rings (SSSR count). The fourth-order valence-corrected chi connectivity index (χ4v) is 2.32. The second-order valence-corrected chi connectivity index (χ2v) is 4.56. The Kier molecular flexibility index (Phi) is 3.66. The molecule has 0 atom stereocenters. The topological polar surface area (TPSA) is 3.24 Å². The summed E-state index contributed by atoms with van der Waals surface area (Å²) in [5.41, 5.74) is 4.40. The molecule has 0 fully saturated rings. The van der Waals surface area contributed by atoms with Crippen LogP contribution >= 0.6 is 0 Å². The Morgan fingerprint density at radius 1 is 1.22 bits per heavy atom. The first kappa shape index (κ1) is 12.6. The zero-order valence-corrected chi connectivity index (χ0v) is 10.9. The maximum Gasteiger partial charge on any atom is 0.101 e. The highest BCUT2D eigenvalue weighted by molar-refractivity contribution is 5.61. The van der Waals surface area contributed by atoms with Gasteiger partial charge in [-0.1, -0.05) is 24.8 Å². The Morgan fingerprint density at radius 2 is 1.94 bits per heavy atom. The zero-order valence-electron chi connectivity index (χ0n) is 10.9. The molecular weight excluding hydrogens is 225 g/mol. The molecule has 18 heavy (non-hydrogen) atoms. The SMILES string of the molecule is C=CN(C1=C(C)C=C(F)CC1)c1ccccc1C. The average molecular weight is 243 g/mol. The zero-order chi connectivity index (χ0) is 13.1. The maximum atomic E-state index is 13.2. The monoisotopic (exact) mass is 243 g/mol. The summed E-state index contributed by atoms with van der Waals surface area (Å²) in [5.74, 6) is -0.0370. The van der Waals surface area contributed by atoms with Crippen LogP contribution in [0.1, 0.15) is 25.3 Å². The average Bonchev–Trinajstić information content (AvgIpc) is 2.34. The molecule has 0 spiro atoms. The molecule has 1 aromatic rings.